The SMILES string of the molecule is C=CCc1cc(C=C(C(=O)OC)C(=O)OC)cc(OCC)c1OCc1ccc(F)cc1. The smallest absolute Gasteiger partial charge is 0.345 e. The van der Waals surface area contributed by atoms with E-state index >= 15 is 0 Å². The van der Waals surface area contributed by atoms with Crippen molar-refractivity contribution in [1.29, 1.82) is 0 Å². The highest BCUT2D eigenvalue weighted by Crippen LogP contribution is 2.35. The van der Waals surface area contributed by atoms with Crippen LogP contribution in [0, 0.1) is 5.82 Å². The van der Waals surface area contributed by atoms with Crippen LogP contribution in [0.3, 0.4) is 0 Å². The molecule has 7 heteroatoms. The molecule has 0 bridgehead atoms. The molecule has 31 heavy (non-hydrogen) atoms. The van der Waals surface area contributed by atoms with E-state index in [-0.39, 0.29) is 18.0 Å². The summed E-state index contributed by atoms with van der Waals surface area (Å²) in [4.78, 5) is 24.0. The highest BCUT2D eigenvalue weighted by Gasteiger charge is 2.21. The third kappa shape index (κ3) is 6.44. The van der Waals surface area contributed by atoms with Gasteiger partial charge in [0.15, 0.2) is 11.5 Å². The minimum Gasteiger partial charge on any atom is -0.490 e. The number of methoxy groups -OCH3 is 2. The van der Waals surface area contributed by atoms with Crippen LogP contribution in [0.15, 0.2) is 54.6 Å². The van der Waals surface area contributed by atoms with Crippen molar-refractivity contribution in [2.45, 2.75) is 20.0 Å². The predicted octanol–water partition coefficient (Wildman–Crippen LogP) is 4.26. The van der Waals surface area contributed by atoms with Crippen molar-refractivity contribution in [3.8, 4) is 11.5 Å². The zero-order valence-corrected chi connectivity index (χ0v) is 17.8. The minimum atomic E-state index is -0.813. The van der Waals surface area contributed by atoms with E-state index in [9.17, 15) is 14.0 Å². The maximum absolute atomic E-state index is 13.1. The largest absolute Gasteiger partial charge is 0.490 e. The van der Waals surface area contributed by atoms with Gasteiger partial charge in [-0.25, -0.2) is 14.0 Å². The molecular weight excluding hydrogens is 403 g/mol. The van der Waals surface area contributed by atoms with E-state index in [2.05, 4.69) is 16.1 Å². The summed E-state index contributed by atoms with van der Waals surface area (Å²) in [5.74, 6) is -1.02. The number of hydrogen-bond donors (Lipinski definition) is 0. The molecule has 0 atom stereocenters. The van der Waals surface area contributed by atoms with Gasteiger partial charge in [0, 0.05) is 5.56 Å². The van der Waals surface area contributed by atoms with Crippen molar-refractivity contribution in [3.05, 3.63) is 77.1 Å². The van der Waals surface area contributed by atoms with Crippen LogP contribution in [-0.2, 0) is 32.1 Å². The van der Waals surface area contributed by atoms with Crippen LogP contribution in [0.5, 0.6) is 11.5 Å². The van der Waals surface area contributed by atoms with Gasteiger partial charge in [-0.05, 0) is 54.8 Å². The molecule has 2 rings (SSSR count). The molecule has 0 fully saturated rings. The highest BCUT2D eigenvalue weighted by molar-refractivity contribution is 6.17. The number of ether oxygens (including phenoxy) is 4. The Morgan fingerprint density at radius 2 is 1.68 bits per heavy atom. The summed E-state index contributed by atoms with van der Waals surface area (Å²) in [5.41, 5.74) is 1.80. The zero-order chi connectivity index (χ0) is 22.8. The lowest BCUT2D eigenvalue weighted by Crippen LogP contribution is -2.15. The zero-order valence-electron chi connectivity index (χ0n) is 17.8. The van der Waals surface area contributed by atoms with Gasteiger partial charge in [0.05, 0.1) is 20.8 Å². The van der Waals surface area contributed by atoms with Crippen LogP contribution >= 0.6 is 0 Å². The van der Waals surface area contributed by atoms with E-state index in [4.69, 9.17) is 9.47 Å². The summed E-state index contributed by atoms with van der Waals surface area (Å²) in [6.45, 7) is 6.17. The molecule has 0 aliphatic heterocycles. The van der Waals surface area contributed by atoms with E-state index in [1.165, 1.54) is 32.4 Å². The van der Waals surface area contributed by atoms with Gasteiger partial charge in [-0.2, -0.15) is 0 Å². The van der Waals surface area contributed by atoms with Crippen molar-refractivity contribution in [2.75, 3.05) is 20.8 Å². The third-order valence-corrected chi connectivity index (χ3v) is 4.24. The average Bonchev–Trinajstić information content (AvgIpc) is 2.77. The molecule has 2 aromatic carbocycles. The summed E-state index contributed by atoms with van der Waals surface area (Å²) in [5, 5.41) is 0. The second kappa shape index (κ2) is 11.5. The number of carbonyl (C=O) groups is 2. The van der Waals surface area contributed by atoms with E-state index < -0.39 is 11.9 Å². The lowest BCUT2D eigenvalue weighted by Gasteiger charge is -2.17. The molecule has 2 aromatic rings. The first kappa shape index (κ1) is 23.7. The minimum absolute atomic E-state index is 0.204. The molecule has 0 aliphatic rings. The summed E-state index contributed by atoms with van der Waals surface area (Å²) >= 11 is 0. The number of carbonyl (C=O) groups excluding carboxylic acids is 2. The number of esters is 2. The number of hydrogen-bond acceptors (Lipinski definition) is 6. The summed E-state index contributed by atoms with van der Waals surface area (Å²) in [7, 11) is 2.36. The first-order valence-corrected chi connectivity index (χ1v) is 9.59. The van der Waals surface area contributed by atoms with Crippen molar-refractivity contribution in [3.63, 3.8) is 0 Å². The van der Waals surface area contributed by atoms with Crippen molar-refractivity contribution >= 4 is 18.0 Å². The Morgan fingerprint density at radius 1 is 1.03 bits per heavy atom. The van der Waals surface area contributed by atoms with Crippen LogP contribution in [0.25, 0.3) is 6.08 Å². The van der Waals surface area contributed by atoms with Gasteiger partial charge < -0.3 is 18.9 Å². The summed E-state index contributed by atoms with van der Waals surface area (Å²) in [6.07, 6.45) is 3.52. The normalized spacial score (nSPS) is 10.1. The van der Waals surface area contributed by atoms with Gasteiger partial charge >= 0.3 is 11.9 Å². The number of allylic oxidation sites excluding steroid dienone is 1. The molecule has 0 amide bonds. The molecule has 0 unspecified atom stereocenters. The van der Waals surface area contributed by atoms with Gasteiger partial charge in [-0.1, -0.05) is 18.2 Å². The average molecular weight is 428 g/mol. The second-order valence-electron chi connectivity index (χ2n) is 6.39. The summed E-state index contributed by atoms with van der Waals surface area (Å²) < 4.78 is 34.2. The lowest BCUT2D eigenvalue weighted by atomic mass is 10.0. The Hall–Kier alpha value is -3.61. The summed E-state index contributed by atoms with van der Waals surface area (Å²) in [6, 6.07) is 9.42. The molecule has 6 nitrogen and oxygen atoms in total. The van der Waals surface area contributed by atoms with Crippen LogP contribution in [0.2, 0.25) is 0 Å². The number of halogens is 1. The molecule has 0 N–H and O–H groups in total. The maximum atomic E-state index is 13.1. The molecule has 0 heterocycles. The van der Waals surface area contributed by atoms with Gasteiger partial charge in [0.2, 0.25) is 0 Å². The number of benzene rings is 2. The Bertz CT molecular complexity index is 945. The fraction of sp³-hybridized carbons (Fsp3) is 0.250. The van der Waals surface area contributed by atoms with Gasteiger partial charge in [0.1, 0.15) is 18.0 Å². The van der Waals surface area contributed by atoms with Gasteiger partial charge in [0.25, 0.3) is 0 Å². The fourth-order valence-corrected chi connectivity index (χ4v) is 2.82. The Morgan fingerprint density at radius 3 is 2.23 bits per heavy atom. The fourth-order valence-electron chi connectivity index (χ4n) is 2.82. The predicted molar refractivity (Wildman–Crippen MR) is 114 cm³/mol. The Kier molecular flexibility index (Phi) is 8.81. The first-order chi connectivity index (χ1) is 14.9. The third-order valence-electron chi connectivity index (χ3n) is 4.24. The van der Waals surface area contributed by atoms with Crippen LogP contribution in [0.4, 0.5) is 4.39 Å². The van der Waals surface area contributed by atoms with Gasteiger partial charge in [-0.15, -0.1) is 6.58 Å². The molecular formula is C24H25FO6. The molecule has 0 spiro atoms. The molecule has 164 valence electrons. The molecule has 0 radical (unpaired) electrons. The second-order valence-corrected chi connectivity index (χ2v) is 6.39. The quantitative estimate of drug-likeness (QED) is 0.185. The van der Waals surface area contributed by atoms with Crippen LogP contribution < -0.4 is 9.47 Å². The van der Waals surface area contributed by atoms with E-state index in [0.717, 1.165) is 11.1 Å². The monoisotopic (exact) mass is 428 g/mol. The molecule has 0 saturated heterocycles. The first-order valence-electron chi connectivity index (χ1n) is 9.59. The number of rotatable bonds is 10. The van der Waals surface area contributed by atoms with Crippen molar-refractivity contribution in [1.82, 2.24) is 0 Å². The maximum Gasteiger partial charge on any atom is 0.345 e. The van der Waals surface area contributed by atoms with E-state index in [1.54, 1.807) is 30.3 Å². The highest BCUT2D eigenvalue weighted by atomic mass is 19.1. The van der Waals surface area contributed by atoms with Crippen LogP contribution in [0.1, 0.15) is 23.6 Å². The molecule has 0 aliphatic carbocycles. The Labute approximate surface area is 180 Å². The standard InChI is InChI=1S/C24H25FO6/c1-5-7-18-12-17(13-20(23(26)28-3)24(27)29-4)14-21(30-6-2)22(18)31-15-16-8-10-19(25)11-9-16/h5,8-14H,1,6-7,15H2,2-4H3. The van der Waals surface area contributed by atoms with Gasteiger partial charge in [-0.3, -0.25) is 0 Å². The molecule has 0 aromatic heterocycles. The lowest BCUT2D eigenvalue weighted by molar-refractivity contribution is -0.143. The van der Waals surface area contributed by atoms with E-state index in [0.29, 0.717) is 30.1 Å². The molecule has 0 saturated carbocycles. The van der Waals surface area contributed by atoms with Crippen LogP contribution in [-0.4, -0.2) is 32.8 Å². The topological polar surface area (TPSA) is 71.1 Å². The van der Waals surface area contributed by atoms with Crippen molar-refractivity contribution < 1.29 is 32.9 Å². The van der Waals surface area contributed by atoms with Crippen molar-refractivity contribution in [2.24, 2.45) is 0 Å². The Balaban J connectivity index is 2.49. The van der Waals surface area contributed by atoms with E-state index in [1.807, 2.05) is 6.92 Å².